The van der Waals surface area contributed by atoms with E-state index in [4.69, 9.17) is 4.98 Å². The van der Waals surface area contributed by atoms with Gasteiger partial charge in [-0.1, -0.05) is 0 Å². The SMILES string of the molecule is CC(C)N1CCc2c(nc3cc([C@@H]4CCCCN4C(=O)Cc4ccsc4)[nH]n3c2=O)C1. The number of hydrogen-bond acceptors (Lipinski definition) is 5. The van der Waals surface area contributed by atoms with E-state index in [0.29, 0.717) is 24.7 Å². The van der Waals surface area contributed by atoms with Gasteiger partial charge in [0.05, 0.1) is 23.9 Å². The second-order valence-electron chi connectivity index (χ2n) is 8.97. The molecule has 1 N–H and O–H groups in total. The molecular weight excluding hydrogens is 410 g/mol. The fraction of sp³-hybridized carbons (Fsp3) is 0.522. The summed E-state index contributed by atoms with van der Waals surface area (Å²) in [7, 11) is 0. The fourth-order valence-corrected chi connectivity index (χ4v) is 5.54. The summed E-state index contributed by atoms with van der Waals surface area (Å²) >= 11 is 1.62. The zero-order valence-electron chi connectivity index (χ0n) is 18.1. The van der Waals surface area contributed by atoms with Crippen LogP contribution in [0.25, 0.3) is 5.65 Å². The Morgan fingerprint density at radius 3 is 2.97 bits per heavy atom. The Bertz CT molecular complexity index is 1150. The summed E-state index contributed by atoms with van der Waals surface area (Å²) < 4.78 is 1.58. The van der Waals surface area contributed by atoms with Crippen LogP contribution < -0.4 is 5.56 Å². The molecule has 0 bridgehead atoms. The third-order valence-corrected chi connectivity index (χ3v) is 7.40. The number of nitrogens with zero attached hydrogens (tertiary/aromatic N) is 4. The molecule has 0 radical (unpaired) electrons. The van der Waals surface area contributed by atoms with E-state index in [-0.39, 0.29) is 17.5 Å². The van der Waals surface area contributed by atoms with Crippen LogP contribution in [0.15, 0.2) is 27.7 Å². The summed E-state index contributed by atoms with van der Waals surface area (Å²) in [6.07, 6.45) is 4.15. The molecule has 0 spiro atoms. The van der Waals surface area contributed by atoms with Crippen molar-refractivity contribution in [2.75, 3.05) is 13.1 Å². The van der Waals surface area contributed by atoms with E-state index < -0.39 is 0 Å². The van der Waals surface area contributed by atoms with Gasteiger partial charge in [-0.3, -0.25) is 19.6 Å². The summed E-state index contributed by atoms with van der Waals surface area (Å²) in [6, 6.07) is 4.38. The van der Waals surface area contributed by atoms with Crippen molar-refractivity contribution in [2.45, 2.75) is 64.6 Å². The lowest BCUT2D eigenvalue weighted by Gasteiger charge is -2.35. The Hall–Kier alpha value is -2.45. The van der Waals surface area contributed by atoms with Gasteiger partial charge in [0.15, 0.2) is 5.65 Å². The molecule has 7 nitrogen and oxygen atoms in total. The van der Waals surface area contributed by atoms with E-state index in [0.717, 1.165) is 61.3 Å². The van der Waals surface area contributed by atoms with E-state index in [9.17, 15) is 9.59 Å². The quantitative estimate of drug-likeness (QED) is 0.678. The van der Waals surface area contributed by atoms with Crippen LogP contribution in [0.5, 0.6) is 0 Å². The van der Waals surface area contributed by atoms with E-state index >= 15 is 0 Å². The summed E-state index contributed by atoms with van der Waals surface area (Å²) in [5.41, 5.74) is 4.34. The summed E-state index contributed by atoms with van der Waals surface area (Å²) in [4.78, 5) is 35.4. The maximum atomic E-state index is 13.2. The second-order valence-corrected chi connectivity index (χ2v) is 9.75. The first kappa shape index (κ1) is 20.5. The van der Waals surface area contributed by atoms with Gasteiger partial charge in [-0.15, -0.1) is 0 Å². The number of carbonyl (C=O) groups is 1. The van der Waals surface area contributed by atoms with Crippen molar-refractivity contribution in [3.8, 4) is 0 Å². The number of carbonyl (C=O) groups excluding carboxylic acids is 1. The average Bonchev–Trinajstić information content (AvgIpc) is 3.43. The molecule has 5 rings (SSSR count). The highest BCUT2D eigenvalue weighted by molar-refractivity contribution is 7.08. The van der Waals surface area contributed by atoms with Crippen molar-refractivity contribution in [1.29, 1.82) is 0 Å². The number of hydrogen-bond donors (Lipinski definition) is 1. The van der Waals surface area contributed by atoms with E-state index in [1.807, 2.05) is 27.8 Å². The Morgan fingerprint density at radius 1 is 1.32 bits per heavy atom. The van der Waals surface area contributed by atoms with E-state index in [1.54, 1.807) is 15.9 Å². The average molecular weight is 440 g/mol. The number of amides is 1. The molecule has 1 amide bonds. The minimum absolute atomic E-state index is 0.00150. The van der Waals surface area contributed by atoms with Gasteiger partial charge in [-0.2, -0.15) is 11.3 Å². The van der Waals surface area contributed by atoms with Crippen LogP contribution in [0.1, 0.15) is 61.7 Å². The van der Waals surface area contributed by atoms with Gasteiger partial charge in [0.25, 0.3) is 5.56 Å². The first-order chi connectivity index (χ1) is 15.0. The smallest absolute Gasteiger partial charge is 0.276 e. The van der Waals surface area contributed by atoms with Gasteiger partial charge in [0, 0.05) is 37.3 Å². The first-order valence-electron chi connectivity index (χ1n) is 11.2. The fourth-order valence-electron chi connectivity index (χ4n) is 4.87. The zero-order valence-corrected chi connectivity index (χ0v) is 19.0. The van der Waals surface area contributed by atoms with Crippen LogP contribution >= 0.6 is 11.3 Å². The number of aromatic amines is 1. The number of rotatable bonds is 4. The van der Waals surface area contributed by atoms with Crippen molar-refractivity contribution in [2.24, 2.45) is 0 Å². The number of thiophene rings is 1. The predicted octanol–water partition coefficient (Wildman–Crippen LogP) is 3.15. The maximum Gasteiger partial charge on any atom is 0.276 e. The standard InChI is InChI=1S/C23H29N5O2S/c1-15(2)26-9-6-17-19(13-26)24-21-12-18(25-28(21)23(17)30)20-5-3-4-8-27(20)22(29)11-16-7-10-31-14-16/h7,10,12,14-15,20,25H,3-6,8-9,11,13H2,1-2H3/t20-/m0/s1. The van der Waals surface area contributed by atoms with Crippen molar-refractivity contribution < 1.29 is 4.79 Å². The molecule has 3 aromatic rings. The molecule has 0 aliphatic carbocycles. The molecule has 8 heteroatoms. The van der Waals surface area contributed by atoms with Crippen molar-refractivity contribution in [3.63, 3.8) is 0 Å². The number of H-pyrrole nitrogens is 1. The molecule has 0 aromatic carbocycles. The molecule has 2 aliphatic rings. The molecule has 2 aliphatic heterocycles. The Balaban J connectivity index is 1.47. The van der Waals surface area contributed by atoms with Gasteiger partial charge < -0.3 is 4.90 Å². The Morgan fingerprint density at radius 2 is 2.19 bits per heavy atom. The largest absolute Gasteiger partial charge is 0.334 e. The number of nitrogens with one attached hydrogen (secondary N) is 1. The zero-order chi connectivity index (χ0) is 21.5. The molecule has 31 heavy (non-hydrogen) atoms. The lowest BCUT2D eigenvalue weighted by Crippen LogP contribution is -2.40. The lowest BCUT2D eigenvalue weighted by molar-refractivity contribution is -0.134. The highest BCUT2D eigenvalue weighted by Gasteiger charge is 2.30. The minimum Gasteiger partial charge on any atom is -0.334 e. The van der Waals surface area contributed by atoms with Crippen molar-refractivity contribution >= 4 is 22.9 Å². The molecule has 1 atom stereocenters. The molecule has 3 aromatic heterocycles. The minimum atomic E-state index is -0.0369. The van der Waals surface area contributed by atoms with Crippen LogP contribution in [0.2, 0.25) is 0 Å². The van der Waals surface area contributed by atoms with Crippen LogP contribution in [0.3, 0.4) is 0 Å². The van der Waals surface area contributed by atoms with Crippen LogP contribution in [-0.2, 0) is 24.2 Å². The van der Waals surface area contributed by atoms with E-state index in [2.05, 4.69) is 23.8 Å². The summed E-state index contributed by atoms with van der Waals surface area (Å²) in [6.45, 7) is 6.71. The summed E-state index contributed by atoms with van der Waals surface area (Å²) in [5.74, 6) is 0.147. The molecule has 0 saturated carbocycles. The maximum absolute atomic E-state index is 13.2. The molecule has 5 heterocycles. The van der Waals surface area contributed by atoms with Gasteiger partial charge in [-0.05, 0) is 61.9 Å². The molecule has 0 unspecified atom stereocenters. The van der Waals surface area contributed by atoms with Gasteiger partial charge in [0.1, 0.15) is 0 Å². The highest BCUT2D eigenvalue weighted by atomic mass is 32.1. The topological polar surface area (TPSA) is 73.7 Å². The predicted molar refractivity (Wildman–Crippen MR) is 121 cm³/mol. The Kier molecular flexibility index (Phi) is 5.44. The van der Waals surface area contributed by atoms with Crippen molar-refractivity contribution in [1.82, 2.24) is 24.4 Å². The number of likely N-dealkylation sites (tertiary alicyclic amines) is 1. The highest BCUT2D eigenvalue weighted by Crippen LogP contribution is 2.31. The number of fused-ring (bicyclic) bond motifs is 2. The lowest BCUT2D eigenvalue weighted by atomic mass is 9.98. The van der Waals surface area contributed by atoms with Crippen LogP contribution in [0.4, 0.5) is 0 Å². The summed E-state index contributed by atoms with van der Waals surface area (Å²) in [5, 5.41) is 7.34. The first-order valence-corrected chi connectivity index (χ1v) is 12.1. The second kappa shape index (κ2) is 8.24. The van der Waals surface area contributed by atoms with Gasteiger partial charge in [-0.25, -0.2) is 9.50 Å². The van der Waals surface area contributed by atoms with Crippen LogP contribution in [0, 0.1) is 0 Å². The molecular formula is C23H29N5O2S. The van der Waals surface area contributed by atoms with E-state index in [1.165, 1.54) is 0 Å². The third kappa shape index (κ3) is 3.83. The molecule has 164 valence electrons. The van der Waals surface area contributed by atoms with Crippen LogP contribution in [-0.4, -0.2) is 49.4 Å². The molecule has 1 fully saturated rings. The Labute approximate surface area is 185 Å². The third-order valence-electron chi connectivity index (χ3n) is 6.66. The normalized spacial score (nSPS) is 19.8. The van der Waals surface area contributed by atoms with Gasteiger partial charge >= 0.3 is 0 Å². The number of piperidine rings is 1. The van der Waals surface area contributed by atoms with Gasteiger partial charge in [0.2, 0.25) is 5.91 Å². The van der Waals surface area contributed by atoms with Crippen molar-refractivity contribution in [3.05, 3.63) is 55.8 Å². The monoisotopic (exact) mass is 439 g/mol. The number of aromatic nitrogens is 3. The molecule has 1 saturated heterocycles.